The maximum atomic E-state index is 6.74. The molecule has 55 heavy (non-hydrogen) atoms. The lowest BCUT2D eigenvalue weighted by Gasteiger charge is -2.33. The van der Waals surface area contributed by atoms with Crippen LogP contribution in [0.15, 0.2) is 192 Å². The van der Waals surface area contributed by atoms with Crippen LogP contribution >= 0.6 is 0 Å². The van der Waals surface area contributed by atoms with Gasteiger partial charge in [-0.15, -0.1) is 0 Å². The van der Waals surface area contributed by atoms with Crippen molar-refractivity contribution in [3.8, 4) is 56.5 Å². The van der Waals surface area contributed by atoms with Gasteiger partial charge < -0.3 is 14.1 Å². The molecule has 0 bridgehead atoms. The first-order valence-electron chi connectivity index (χ1n) is 18.4. The van der Waals surface area contributed by atoms with Crippen LogP contribution in [0.5, 0.6) is 11.5 Å². The van der Waals surface area contributed by atoms with E-state index in [2.05, 4.69) is 132 Å². The van der Waals surface area contributed by atoms with Gasteiger partial charge in [0.2, 0.25) is 0 Å². The number of para-hydroxylation sites is 3. The van der Waals surface area contributed by atoms with Gasteiger partial charge in [0, 0.05) is 38.5 Å². The van der Waals surface area contributed by atoms with Crippen LogP contribution in [-0.2, 0) is 0 Å². The standard InChI is InChI=1S/C50H31N3O2/c1-3-13-34(14-4-1)41-31-42(35-15-5-2-6-16-35)52-50(51-41)36-25-23-32(24-26-36)33-27-29-37(30-28-33)53-43-20-10-12-22-45(43)55-48-39-18-8-7-17-38(39)46-40-19-9-11-21-44(40)54-49(46)47(48)53/h1-31H. The summed E-state index contributed by atoms with van der Waals surface area (Å²) in [5.74, 6) is 2.27. The Morgan fingerprint density at radius 1 is 0.436 bits per heavy atom. The Bertz CT molecular complexity index is 2990. The second-order valence-corrected chi connectivity index (χ2v) is 13.7. The number of rotatable bonds is 5. The Labute approximate surface area is 317 Å². The highest BCUT2D eigenvalue weighted by Gasteiger charge is 2.32. The van der Waals surface area contributed by atoms with E-state index in [1.165, 1.54) is 0 Å². The van der Waals surface area contributed by atoms with Crippen LogP contribution in [0.2, 0.25) is 0 Å². The fourth-order valence-electron chi connectivity index (χ4n) is 7.85. The molecule has 0 amide bonds. The Morgan fingerprint density at radius 3 is 1.67 bits per heavy atom. The molecular formula is C50H31N3O2. The van der Waals surface area contributed by atoms with E-state index in [1.54, 1.807) is 0 Å². The summed E-state index contributed by atoms with van der Waals surface area (Å²) < 4.78 is 13.4. The van der Waals surface area contributed by atoms with Crippen LogP contribution < -0.4 is 9.64 Å². The van der Waals surface area contributed by atoms with Crippen molar-refractivity contribution in [2.45, 2.75) is 0 Å². The lowest BCUT2D eigenvalue weighted by molar-refractivity contribution is 0.482. The van der Waals surface area contributed by atoms with E-state index in [9.17, 15) is 0 Å². The predicted octanol–water partition coefficient (Wildman–Crippen LogP) is 13.8. The van der Waals surface area contributed by atoms with Crippen molar-refractivity contribution >= 4 is 49.8 Å². The molecule has 0 N–H and O–H groups in total. The van der Waals surface area contributed by atoms with Crippen molar-refractivity contribution in [3.63, 3.8) is 0 Å². The number of hydrogen-bond acceptors (Lipinski definition) is 5. The van der Waals surface area contributed by atoms with Crippen LogP contribution in [0.4, 0.5) is 17.1 Å². The molecule has 0 fully saturated rings. The van der Waals surface area contributed by atoms with Crippen molar-refractivity contribution in [1.82, 2.24) is 9.97 Å². The first kappa shape index (κ1) is 31.1. The average molecular weight is 706 g/mol. The summed E-state index contributed by atoms with van der Waals surface area (Å²) in [6, 6.07) is 64.7. The zero-order valence-corrected chi connectivity index (χ0v) is 29.6. The number of nitrogens with zero attached hydrogens (tertiary/aromatic N) is 3. The Hall–Kier alpha value is -7.50. The van der Waals surface area contributed by atoms with Gasteiger partial charge in [-0.05, 0) is 52.9 Å². The van der Waals surface area contributed by atoms with E-state index < -0.39 is 0 Å². The molecule has 0 aliphatic carbocycles. The number of benzene rings is 8. The number of ether oxygens (including phenoxy) is 1. The van der Waals surface area contributed by atoms with Crippen LogP contribution in [0.1, 0.15) is 0 Å². The molecule has 8 aromatic carbocycles. The van der Waals surface area contributed by atoms with Crippen LogP contribution in [0.3, 0.4) is 0 Å². The SMILES string of the molecule is c1ccc(-c2cc(-c3ccccc3)nc(-c3ccc(-c4ccc(N5c6ccccc6Oc6c5c5oc7ccccc7c5c5ccccc65)cc4)cc3)n2)cc1. The predicted molar refractivity (Wildman–Crippen MR) is 223 cm³/mol. The van der Waals surface area contributed by atoms with Gasteiger partial charge in [0.15, 0.2) is 22.9 Å². The second kappa shape index (κ2) is 12.6. The van der Waals surface area contributed by atoms with Gasteiger partial charge in [-0.3, -0.25) is 0 Å². The highest BCUT2D eigenvalue weighted by atomic mass is 16.5. The fourth-order valence-corrected chi connectivity index (χ4v) is 7.85. The lowest BCUT2D eigenvalue weighted by Crippen LogP contribution is -2.16. The van der Waals surface area contributed by atoms with E-state index in [-0.39, 0.29) is 0 Å². The summed E-state index contributed by atoms with van der Waals surface area (Å²) in [7, 11) is 0. The zero-order chi connectivity index (χ0) is 36.3. The van der Waals surface area contributed by atoms with Crippen molar-refractivity contribution in [2.24, 2.45) is 0 Å². The van der Waals surface area contributed by atoms with Gasteiger partial charge in [-0.25, -0.2) is 9.97 Å². The van der Waals surface area contributed by atoms with Crippen molar-refractivity contribution in [1.29, 1.82) is 0 Å². The van der Waals surface area contributed by atoms with Gasteiger partial charge in [0.05, 0.1) is 17.1 Å². The molecule has 0 saturated carbocycles. The molecular weight excluding hydrogens is 675 g/mol. The lowest BCUT2D eigenvalue weighted by atomic mass is 9.98. The molecule has 0 saturated heterocycles. The number of fused-ring (bicyclic) bond motifs is 9. The minimum atomic E-state index is 0.691. The first-order chi connectivity index (χ1) is 27.3. The van der Waals surface area contributed by atoms with E-state index >= 15 is 0 Å². The summed E-state index contributed by atoms with van der Waals surface area (Å²) in [4.78, 5) is 12.3. The topological polar surface area (TPSA) is 51.4 Å². The molecule has 2 aromatic heterocycles. The van der Waals surface area contributed by atoms with E-state index in [1.807, 2.05) is 60.7 Å². The smallest absolute Gasteiger partial charge is 0.163 e. The molecule has 0 atom stereocenters. The maximum absolute atomic E-state index is 6.74. The number of anilines is 3. The Morgan fingerprint density at radius 2 is 0.982 bits per heavy atom. The molecule has 258 valence electrons. The van der Waals surface area contributed by atoms with Crippen molar-refractivity contribution in [3.05, 3.63) is 188 Å². The van der Waals surface area contributed by atoms with Gasteiger partial charge >= 0.3 is 0 Å². The second-order valence-electron chi connectivity index (χ2n) is 13.7. The largest absolute Gasteiger partial charge is 0.454 e. The molecule has 0 spiro atoms. The van der Waals surface area contributed by atoms with Crippen molar-refractivity contribution < 1.29 is 9.15 Å². The molecule has 1 aliphatic heterocycles. The molecule has 0 radical (unpaired) electrons. The number of furan rings is 1. The summed E-state index contributed by atoms with van der Waals surface area (Å²) in [5.41, 5.74) is 11.6. The highest BCUT2D eigenvalue weighted by molar-refractivity contribution is 6.25. The van der Waals surface area contributed by atoms with Gasteiger partial charge in [-0.2, -0.15) is 0 Å². The number of hydrogen-bond donors (Lipinski definition) is 0. The quantitative estimate of drug-likeness (QED) is 0.178. The van der Waals surface area contributed by atoms with Crippen LogP contribution in [0, 0.1) is 0 Å². The monoisotopic (exact) mass is 705 g/mol. The van der Waals surface area contributed by atoms with E-state index in [0.29, 0.717) is 5.82 Å². The summed E-state index contributed by atoms with van der Waals surface area (Å²) >= 11 is 0. The van der Waals surface area contributed by atoms with Crippen molar-refractivity contribution in [2.75, 3.05) is 4.90 Å². The minimum Gasteiger partial charge on any atom is -0.454 e. The summed E-state index contributed by atoms with van der Waals surface area (Å²) in [6.45, 7) is 0. The van der Waals surface area contributed by atoms with Crippen LogP contribution in [-0.4, -0.2) is 9.97 Å². The number of aromatic nitrogens is 2. The average Bonchev–Trinajstić information content (AvgIpc) is 3.66. The van der Waals surface area contributed by atoms with E-state index in [4.69, 9.17) is 19.1 Å². The highest BCUT2D eigenvalue weighted by Crippen LogP contribution is 2.57. The molecule has 11 rings (SSSR count). The normalized spacial score (nSPS) is 12.1. The van der Waals surface area contributed by atoms with E-state index in [0.717, 1.165) is 100 Å². The van der Waals surface area contributed by atoms with Gasteiger partial charge in [-0.1, -0.05) is 152 Å². The summed E-state index contributed by atoms with van der Waals surface area (Å²) in [6.07, 6.45) is 0. The fraction of sp³-hybridized carbons (Fsp3) is 0. The van der Waals surface area contributed by atoms with Gasteiger partial charge in [0.1, 0.15) is 11.3 Å². The van der Waals surface area contributed by atoms with Crippen LogP contribution in [0.25, 0.3) is 77.7 Å². The first-order valence-corrected chi connectivity index (χ1v) is 18.4. The van der Waals surface area contributed by atoms with Gasteiger partial charge in [0.25, 0.3) is 0 Å². The minimum absolute atomic E-state index is 0.691. The summed E-state index contributed by atoms with van der Waals surface area (Å²) in [5, 5.41) is 4.32. The Kier molecular flexibility index (Phi) is 7.10. The molecule has 5 heteroatoms. The molecule has 1 aliphatic rings. The maximum Gasteiger partial charge on any atom is 0.163 e. The third kappa shape index (κ3) is 5.17. The Balaban J connectivity index is 0.996. The molecule has 3 heterocycles. The molecule has 0 unspecified atom stereocenters. The zero-order valence-electron chi connectivity index (χ0n) is 29.6. The third-order valence-electron chi connectivity index (χ3n) is 10.5. The molecule has 5 nitrogen and oxygen atoms in total. The third-order valence-corrected chi connectivity index (χ3v) is 10.5. The molecule has 10 aromatic rings.